The van der Waals surface area contributed by atoms with E-state index in [0.29, 0.717) is 38.5 Å². The number of hydrogen-bond donors (Lipinski definition) is 0. The molecule has 0 bridgehead atoms. The molecule has 9 nitrogen and oxygen atoms in total. The molecule has 0 aliphatic carbocycles. The summed E-state index contributed by atoms with van der Waals surface area (Å²) < 4.78 is 37.4. The van der Waals surface area contributed by atoms with Crippen LogP contribution in [0, 0.1) is 0 Å². The van der Waals surface area contributed by atoms with Gasteiger partial charge in [0.15, 0.2) is 5.79 Å². The minimum Gasteiger partial charge on any atom is -0.462 e. The van der Waals surface area contributed by atoms with E-state index in [-0.39, 0.29) is 18.3 Å². The van der Waals surface area contributed by atoms with Crippen LogP contribution in [0.3, 0.4) is 0 Å². The maximum atomic E-state index is 8.46. The summed E-state index contributed by atoms with van der Waals surface area (Å²) in [5, 5.41) is 3.59. The summed E-state index contributed by atoms with van der Waals surface area (Å²) in [6.45, 7) is 10.2. The molecule has 190 valence electrons. The van der Waals surface area contributed by atoms with E-state index in [1.54, 1.807) is 0 Å². The molecular formula is C25H39N3O6. The van der Waals surface area contributed by atoms with Crippen molar-refractivity contribution in [3.8, 4) is 5.75 Å². The van der Waals surface area contributed by atoms with Crippen molar-refractivity contribution in [3.05, 3.63) is 40.3 Å². The van der Waals surface area contributed by atoms with Crippen LogP contribution in [0.25, 0.3) is 10.4 Å². The monoisotopic (exact) mass is 477 g/mol. The smallest absolute Gasteiger partial charge is 0.229 e. The van der Waals surface area contributed by atoms with Gasteiger partial charge in [0.1, 0.15) is 30.2 Å². The van der Waals surface area contributed by atoms with Crippen molar-refractivity contribution in [2.75, 3.05) is 26.4 Å². The van der Waals surface area contributed by atoms with Crippen LogP contribution in [0.4, 0.5) is 0 Å². The zero-order chi connectivity index (χ0) is 24.4. The quantitative estimate of drug-likeness (QED) is 0.159. The third-order valence-electron chi connectivity index (χ3n) is 5.90. The second-order valence-electron chi connectivity index (χ2n) is 9.19. The molecule has 0 amide bonds. The fraction of sp³-hybridized carbons (Fsp3) is 0.760. The zero-order valence-corrected chi connectivity index (χ0v) is 20.9. The van der Waals surface area contributed by atoms with Crippen LogP contribution in [0.1, 0.15) is 58.9 Å². The van der Waals surface area contributed by atoms with Crippen molar-refractivity contribution in [2.45, 2.75) is 96.3 Å². The van der Waals surface area contributed by atoms with E-state index in [4.69, 9.17) is 34.0 Å². The molecular weight excluding hydrogens is 438 g/mol. The number of unbranched alkanes of at least 4 members (excludes halogenated alkanes) is 2. The van der Waals surface area contributed by atoms with E-state index in [2.05, 4.69) is 23.9 Å². The number of fused-ring (bicyclic) bond motifs is 1. The molecule has 5 atom stereocenters. The van der Waals surface area contributed by atoms with Gasteiger partial charge in [0.05, 0.1) is 6.61 Å². The van der Waals surface area contributed by atoms with Crippen LogP contribution in [0.15, 0.2) is 29.4 Å². The Balaban J connectivity index is 1.74. The van der Waals surface area contributed by atoms with Crippen molar-refractivity contribution < 1.29 is 28.4 Å². The molecule has 9 heteroatoms. The first kappa shape index (κ1) is 26.7. The minimum absolute atomic E-state index is 0.300. The summed E-state index contributed by atoms with van der Waals surface area (Å²) in [6.07, 6.45) is 2.66. The first-order chi connectivity index (χ1) is 16.5. The number of ether oxygens (including phenoxy) is 6. The van der Waals surface area contributed by atoms with Crippen molar-refractivity contribution >= 4 is 0 Å². The molecule has 2 aliphatic rings. The molecule has 1 aromatic rings. The number of nitrogens with zero attached hydrogens (tertiary/aromatic N) is 3. The molecule has 0 saturated carbocycles. The van der Waals surface area contributed by atoms with Gasteiger partial charge in [-0.15, -0.1) is 0 Å². The molecule has 0 aromatic heterocycles. The summed E-state index contributed by atoms with van der Waals surface area (Å²) in [6, 6.07) is 7.72. The molecule has 0 radical (unpaired) electrons. The number of rotatable bonds is 14. The first-order valence-electron chi connectivity index (χ1n) is 12.4. The Morgan fingerprint density at radius 1 is 1.03 bits per heavy atom. The molecule has 2 heterocycles. The molecule has 3 rings (SSSR count). The maximum Gasteiger partial charge on any atom is 0.229 e. The Kier molecular flexibility index (Phi) is 10.4. The molecule has 2 saturated heterocycles. The first-order valence-corrected chi connectivity index (χ1v) is 12.4. The van der Waals surface area contributed by atoms with Gasteiger partial charge in [-0.2, -0.15) is 0 Å². The lowest BCUT2D eigenvalue weighted by atomic mass is 9.99. The molecule has 3 unspecified atom stereocenters. The Labute approximate surface area is 202 Å². The zero-order valence-electron chi connectivity index (χ0n) is 20.9. The molecule has 2 aliphatic heterocycles. The molecule has 2 fully saturated rings. The van der Waals surface area contributed by atoms with Crippen LogP contribution in [-0.2, 0) is 30.1 Å². The van der Waals surface area contributed by atoms with E-state index in [1.165, 1.54) is 0 Å². The topological polar surface area (TPSA) is 104 Å². The Morgan fingerprint density at radius 3 is 2.44 bits per heavy atom. The highest BCUT2D eigenvalue weighted by Gasteiger charge is 2.56. The van der Waals surface area contributed by atoms with Gasteiger partial charge >= 0.3 is 0 Å². The predicted octanol–water partition coefficient (Wildman–Crippen LogP) is 5.17. The van der Waals surface area contributed by atoms with Crippen molar-refractivity contribution in [2.24, 2.45) is 5.11 Å². The molecule has 34 heavy (non-hydrogen) atoms. The number of hydrogen-bond acceptors (Lipinski definition) is 7. The largest absolute Gasteiger partial charge is 0.462 e. The van der Waals surface area contributed by atoms with E-state index >= 15 is 0 Å². The van der Waals surface area contributed by atoms with E-state index in [0.717, 1.165) is 31.2 Å². The van der Waals surface area contributed by atoms with Crippen LogP contribution in [0.5, 0.6) is 5.75 Å². The summed E-state index contributed by atoms with van der Waals surface area (Å²) in [5.74, 6) is -0.0706. The summed E-state index contributed by atoms with van der Waals surface area (Å²) in [7, 11) is 0. The van der Waals surface area contributed by atoms with Crippen molar-refractivity contribution in [3.63, 3.8) is 0 Å². The Bertz CT molecular complexity index is 783. The SMILES string of the molecule is CCCCOCC1O[C@@H](Oc2ccc(CCN=[N+]=[N-])cc2)C(OCCCC)C2OC(C)(C)O[C@@H]12. The van der Waals surface area contributed by atoms with Gasteiger partial charge in [-0.05, 0) is 56.3 Å². The average Bonchev–Trinajstić information content (AvgIpc) is 3.15. The summed E-state index contributed by atoms with van der Waals surface area (Å²) in [4.78, 5) is 2.80. The minimum atomic E-state index is -0.741. The second kappa shape index (κ2) is 13.3. The maximum absolute atomic E-state index is 8.46. The molecule has 1 aromatic carbocycles. The Morgan fingerprint density at radius 2 is 1.74 bits per heavy atom. The molecule has 0 N–H and O–H groups in total. The van der Waals surface area contributed by atoms with Crippen LogP contribution >= 0.6 is 0 Å². The average molecular weight is 478 g/mol. The third-order valence-corrected chi connectivity index (χ3v) is 5.90. The fourth-order valence-electron chi connectivity index (χ4n) is 4.15. The van der Waals surface area contributed by atoms with Crippen molar-refractivity contribution in [1.29, 1.82) is 0 Å². The second-order valence-corrected chi connectivity index (χ2v) is 9.19. The van der Waals surface area contributed by atoms with Gasteiger partial charge in [-0.25, -0.2) is 0 Å². The number of azide groups is 1. The lowest BCUT2D eigenvalue weighted by Crippen LogP contribution is -2.60. The van der Waals surface area contributed by atoms with Gasteiger partial charge in [0.25, 0.3) is 0 Å². The van der Waals surface area contributed by atoms with Gasteiger partial charge in [0, 0.05) is 24.7 Å². The van der Waals surface area contributed by atoms with Gasteiger partial charge < -0.3 is 28.4 Å². The van der Waals surface area contributed by atoms with E-state index in [9.17, 15) is 0 Å². The summed E-state index contributed by atoms with van der Waals surface area (Å²) >= 11 is 0. The normalized spacial score (nSPS) is 27.7. The highest BCUT2D eigenvalue weighted by atomic mass is 16.8. The highest BCUT2D eigenvalue weighted by Crippen LogP contribution is 2.39. The lowest BCUT2D eigenvalue weighted by molar-refractivity contribution is -0.268. The Hall–Kier alpha value is -1.87. The van der Waals surface area contributed by atoms with Crippen LogP contribution < -0.4 is 4.74 Å². The van der Waals surface area contributed by atoms with Crippen LogP contribution in [-0.4, -0.2) is 62.9 Å². The third kappa shape index (κ3) is 7.57. The van der Waals surface area contributed by atoms with E-state index in [1.807, 2.05) is 38.1 Å². The van der Waals surface area contributed by atoms with Gasteiger partial charge in [0.2, 0.25) is 6.29 Å². The van der Waals surface area contributed by atoms with Crippen molar-refractivity contribution in [1.82, 2.24) is 0 Å². The van der Waals surface area contributed by atoms with Gasteiger partial charge in [-0.1, -0.05) is 43.9 Å². The number of benzene rings is 1. The van der Waals surface area contributed by atoms with Crippen LogP contribution in [0.2, 0.25) is 0 Å². The highest BCUT2D eigenvalue weighted by molar-refractivity contribution is 5.27. The lowest BCUT2D eigenvalue weighted by Gasteiger charge is -2.41. The predicted molar refractivity (Wildman–Crippen MR) is 128 cm³/mol. The standard InChI is InChI=1S/C25H39N3O6/c1-5-7-15-29-17-20-21-22(34-25(3,4)33-21)23(30-16-8-6-2)24(32-20)31-19-11-9-18(10-12-19)13-14-27-28-26/h9-12,20-24H,5-8,13-17H2,1-4H3/t20?,21-,22?,23?,24+/m0/s1. The molecule has 0 spiro atoms. The van der Waals surface area contributed by atoms with E-state index < -0.39 is 18.2 Å². The summed E-state index contributed by atoms with van der Waals surface area (Å²) in [5.41, 5.74) is 9.52. The fourth-order valence-corrected chi connectivity index (χ4v) is 4.15. The van der Waals surface area contributed by atoms with Gasteiger partial charge in [-0.3, -0.25) is 0 Å².